The van der Waals surface area contributed by atoms with E-state index in [1.54, 1.807) is 0 Å². The predicted molar refractivity (Wildman–Crippen MR) is 79.4 cm³/mol. The van der Waals surface area contributed by atoms with Gasteiger partial charge in [0.25, 0.3) is 0 Å². The minimum Gasteiger partial charge on any atom is -0.394 e. The Hall–Kier alpha value is -2.16. The van der Waals surface area contributed by atoms with Crippen molar-refractivity contribution in [2.24, 2.45) is 10.9 Å². The van der Waals surface area contributed by atoms with E-state index in [2.05, 4.69) is 25.4 Å². The average molecular weight is 295 g/mol. The molecular formula is C12H21N7O2. The number of amidine groups is 1. The minimum absolute atomic E-state index is 0.132. The summed E-state index contributed by atoms with van der Waals surface area (Å²) in [5.41, 5.74) is 5.85. The van der Waals surface area contributed by atoms with Crippen molar-refractivity contribution in [3.8, 4) is 0 Å². The molecule has 0 amide bonds. The Morgan fingerprint density at radius 1 is 1.33 bits per heavy atom. The summed E-state index contributed by atoms with van der Waals surface area (Å²) in [6.45, 7) is 7.70. The molecule has 0 radical (unpaired) electrons. The third-order valence-corrected chi connectivity index (χ3v) is 2.77. The SMILES string of the molecule is CCNc1nc(/C(N)=N/OCC)nc(N2CCOCC2)n1. The maximum Gasteiger partial charge on any atom is 0.230 e. The minimum atomic E-state index is 0.132. The average Bonchev–Trinajstić information content (AvgIpc) is 2.53. The van der Waals surface area contributed by atoms with Gasteiger partial charge in [0.05, 0.1) is 13.2 Å². The van der Waals surface area contributed by atoms with Crippen LogP contribution in [0.5, 0.6) is 0 Å². The molecule has 0 saturated carbocycles. The Bertz CT molecular complexity index is 488. The van der Waals surface area contributed by atoms with Crippen LogP contribution in [-0.4, -0.2) is 60.2 Å². The summed E-state index contributed by atoms with van der Waals surface area (Å²) in [6, 6.07) is 0. The number of anilines is 2. The maximum atomic E-state index is 5.85. The first kappa shape index (κ1) is 15.2. The Labute approximate surface area is 123 Å². The van der Waals surface area contributed by atoms with Gasteiger partial charge < -0.3 is 25.5 Å². The highest BCUT2D eigenvalue weighted by atomic mass is 16.6. The second-order valence-corrected chi connectivity index (χ2v) is 4.31. The molecule has 0 bridgehead atoms. The molecule has 2 heterocycles. The normalized spacial score (nSPS) is 15.9. The van der Waals surface area contributed by atoms with Gasteiger partial charge in [-0.05, 0) is 13.8 Å². The molecule has 9 nitrogen and oxygen atoms in total. The van der Waals surface area contributed by atoms with Crippen LogP contribution in [0.4, 0.5) is 11.9 Å². The molecule has 1 aliphatic heterocycles. The number of hydrogen-bond acceptors (Lipinski definition) is 8. The summed E-state index contributed by atoms with van der Waals surface area (Å²) >= 11 is 0. The van der Waals surface area contributed by atoms with Gasteiger partial charge in [0.1, 0.15) is 6.61 Å². The zero-order chi connectivity index (χ0) is 15.1. The fourth-order valence-corrected chi connectivity index (χ4v) is 1.80. The van der Waals surface area contributed by atoms with E-state index in [0.717, 1.165) is 13.1 Å². The first-order valence-electron chi connectivity index (χ1n) is 7.03. The van der Waals surface area contributed by atoms with Crippen LogP contribution in [0.1, 0.15) is 19.7 Å². The molecule has 0 aliphatic carbocycles. The number of rotatable bonds is 6. The summed E-state index contributed by atoms with van der Waals surface area (Å²) in [5, 5.41) is 6.84. The van der Waals surface area contributed by atoms with Crippen LogP contribution in [0.15, 0.2) is 5.16 Å². The van der Waals surface area contributed by atoms with E-state index in [9.17, 15) is 0 Å². The topological polar surface area (TPSA) is 111 Å². The molecular weight excluding hydrogens is 274 g/mol. The molecule has 0 unspecified atom stereocenters. The van der Waals surface area contributed by atoms with Crippen LogP contribution >= 0.6 is 0 Å². The number of ether oxygens (including phenoxy) is 1. The van der Waals surface area contributed by atoms with E-state index in [4.69, 9.17) is 15.3 Å². The molecule has 1 aliphatic rings. The van der Waals surface area contributed by atoms with Gasteiger partial charge >= 0.3 is 0 Å². The summed E-state index contributed by atoms with van der Waals surface area (Å²) < 4.78 is 5.33. The number of hydrogen-bond donors (Lipinski definition) is 2. The Morgan fingerprint density at radius 3 is 2.76 bits per heavy atom. The summed E-state index contributed by atoms with van der Waals surface area (Å²) in [6.07, 6.45) is 0. The Morgan fingerprint density at radius 2 is 2.10 bits per heavy atom. The van der Waals surface area contributed by atoms with Crippen molar-refractivity contribution < 1.29 is 9.57 Å². The zero-order valence-corrected chi connectivity index (χ0v) is 12.4. The molecule has 21 heavy (non-hydrogen) atoms. The van der Waals surface area contributed by atoms with Crippen molar-refractivity contribution in [2.45, 2.75) is 13.8 Å². The van der Waals surface area contributed by atoms with Crippen LogP contribution < -0.4 is 16.0 Å². The monoisotopic (exact) mass is 295 g/mol. The van der Waals surface area contributed by atoms with Gasteiger partial charge in [0, 0.05) is 19.6 Å². The number of morpholine rings is 1. The van der Waals surface area contributed by atoms with Crippen molar-refractivity contribution in [2.75, 3.05) is 49.7 Å². The van der Waals surface area contributed by atoms with Crippen LogP contribution in [-0.2, 0) is 9.57 Å². The fraction of sp³-hybridized carbons (Fsp3) is 0.667. The highest BCUT2D eigenvalue weighted by molar-refractivity contribution is 5.93. The van der Waals surface area contributed by atoms with Crippen molar-refractivity contribution in [1.82, 2.24) is 15.0 Å². The van der Waals surface area contributed by atoms with Gasteiger partial charge in [0.2, 0.25) is 23.6 Å². The zero-order valence-electron chi connectivity index (χ0n) is 12.4. The van der Waals surface area contributed by atoms with Crippen LogP contribution in [0, 0.1) is 0 Å². The number of nitrogens with two attached hydrogens (primary N) is 1. The third kappa shape index (κ3) is 4.15. The van der Waals surface area contributed by atoms with E-state index < -0.39 is 0 Å². The molecule has 9 heteroatoms. The molecule has 2 rings (SSSR count). The van der Waals surface area contributed by atoms with Crippen molar-refractivity contribution in [3.05, 3.63) is 5.82 Å². The molecule has 0 spiro atoms. The summed E-state index contributed by atoms with van der Waals surface area (Å²) in [7, 11) is 0. The van der Waals surface area contributed by atoms with Crippen molar-refractivity contribution in [3.63, 3.8) is 0 Å². The van der Waals surface area contributed by atoms with Gasteiger partial charge in [-0.1, -0.05) is 5.16 Å². The van der Waals surface area contributed by atoms with Gasteiger partial charge in [-0.25, -0.2) is 0 Å². The van der Waals surface area contributed by atoms with E-state index in [1.807, 2.05) is 18.7 Å². The predicted octanol–water partition coefficient (Wildman–Crippen LogP) is -0.203. The highest BCUT2D eigenvalue weighted by Crippen LogP contribution is 2.12. The largest absolute Gasteiger partial charge is 0.394 e. The van der Waals surface area contributed by atoms with E-state index >= 15 is 0 Å². The maximum absolute atomic E-state index is 5.85. The highest BCUT2D eigenvalue weighted by Gasteiger charge is 2.17. The smallest absolute Gasteiger partial charge is 0.230 e. The van der Waals surface area contributed by atoms with Gasteiger partial charge in [-0.15, -0.1) is 0 Å². The molecule has 0 aromatic carbocycles. The standard InChI is InChI=1S/C12H21N7O2/c1-3-14-11-15-10(9(13)18-21-4-2)16-12(17-11)19-5-7-20-8-6-19/h3-8H2,1-2H3,(H2,13,18)(H,14,15,16,17). The molecule has 116 valence electrons. The van der Waals surface area contributed by atoms with E-state index in [1.165, 1.54) is 0 Å². The number of nitrogens with one attached hydrogen (secondary N) is 1. The molecule has 1 saturated heterocycles. The molecule has 3 N–H and O–H groups in total. The van der Waals surface area contributed by atoms with Gasteiger partial charge in [0.15, 0.2) is 0 Å². The second kappa shape index (κ2) is 7.58. The third-order valence-electron chi connectivity index (χ3n) is 2.77. The second-order valence-electron chi connectivity index (χ2n) is 4.31. The number of aromatic nitrogens is 3. The molecule has 0 atom stereocenters. The Balaban J connectivity index is 2.28. The fourth-order valence-electron chi connectivity index (χ4n) is 1.80. The lowest BCUT2D eigenvalue weighted by Gasteiger charge is -2.27. The Kier molecular flexibility index (Phi) is 5.50. The van der Waals surface area contributed by atoms with Crippen molar-refractivity contribution in [1.29, 1.82) is 0 Å². The van der Waals surface area contributed by atoms with E-state index in [-0.39, 0.29) is 5.84 Å². The summed E-state index contributed by atoms with van der Waals surface area (Å²) in [5.74, 6) is 1.47. The first-order valence-corrected chi connectivity index (χ1v) is 7.03. The lowest BCUT2D eigenvalue weighted by molar-refractivity contribution is 0.122. The van der Waals surface area contributed by atoms with E-state index in [0.29, 0.717) is 44.1 Å². The number of nitrogens with zero attached hydrogens (tertiary/aromatic N) is 5. The first-order chi connectivity index (χ1) is 10.2. The molecule has 1 aromatic rings. The number of oxime groups is 1. The van der Waals surface area contributed by atoms with Gasteiger partial charge in [-0.2, -0.15) is 15.0 Å². The molecule has 1 fully saturated rings. The van der Waals surface area contributed by atoms with Crippen molar-refractivity contribution >= 4 is 17.7 Å². The van der Waals surface area contributed by atoms with Crippen LogP contribution in [0.2, 0.25) is 0 Å². The quantitative estimate of drug-likeness (QED) is 0.421. The lowest BCUT2D eigenvalue weighted by atomic mass is 10.4. The van der Waals surface area contributed by atoms with Crippen LogP contribution in [0.25, 0.3) is 0 Å². The summed E-state index contributed by atoms with van der Waals surface area (Å²) in [4.78, 5) is 20.0. The van der Waals surface area contributed by atoms with Crippen LogP contribution in [0.3, 0.4) is 0 Å². The van der Waals surface area contributed by atoms with Gasteiger partial charge in [-0.3, -0.25) is 0 Å². The molecule has 1 aromatic heterocycles. The lowest BCUT2D eigenvalue weighted by Crippen LogP contribution is -2.38.